The molecular formula is C13H28O4. The fourth-order valence-electron chi connectivity index (χ4n) is 1.56. The van der Waals surface area contributed by atoms with Crippen molar-refractivity contribution in [3.63, 3.8) is 0 Å². The molecule has 0 aromatic carbocycles. The highest BCUT2D eigenvalue weighted by Gasteiger charge is 2.25. The minimum absolute atomic E-state index is 0.0646. The van der Waals surface area contributed by atoms with Crippen LogP contribution in [0.2, 0.25) is 0 Å². The number of rotatable bonds is 6. The molecule has 4 nitrogen and oxygen atoms in total. The van der Waals surface area contributed by atoms with Gasteiger partial charge < -0.3 is 19.7 Å². The lowest BCUT2D eigenvalue weighted by molar-refractivity contribution is -0.236. The molecule has 0 fully saturated rings. The monoisotopic (exact) mass is 248 g/mol. The van der Waals surface area contributed by atoms with E-state index in [1.54, 1.807) is 0 Å². The van der Waals surface area contributed by atoms with Crippen LogP contribution in [-0.2, 0) is 9.47 Å². The average molecular weight is 248 g/mol. The summed E-state index contributed by atoms with van der Waals surface area (Å²) in [6.07, 6.45) is -0.281. The zero-order valence-corrected chi connectivity index (χ0v) is 12.0. The van der Waals surface area contributed by atoms with Gasteiger partial charge in [0.15, 0.2) is 6.29 Å². The largest absolute Gasteiger partial charge is 0.394 e. The molecule has 17 heavy (non-hydrogen) atoms. The van der Waals surface area contributed by atoms with E-state index in [4.69, 9.17) is 9.47 Å². The zero-order valence-electron chi connectivity index (χ0n) is 12.0. The van der Waals surface area contributed by atoms with Gasteiger partial charge in [-0.2, -0.15) is 0 Å². The van der Waals surface area contributed by atoms with Crippen molar-refractivity contribution in [2.24, 2.45) is 5.41 Å². The number of hydrogen-bond donors (Lipinski definition) is 2. The molecular weight excluding hydrogens is 220 g/mol. The molecule has 0 bridgehead atoms. The summed E-state index contributed by atoms with van der Waals surface area (Å²) in [5, 5.41) is 18.5. The number of hydrogen-bond acceptors (Lipinski definition) is 4. The standard InChI is InChI=1S/C13H28O4/c1-12(2,3)7-10(8-14)16-11(9-15)17-13(4,5)6/h10-11,14-15H,7-9H2,1-6H3. The van der Waals surface area contributed by atoms with Crippen molar-refractivity contribution < 1.29 is 19.7 Å². The van der Waals surface area contributed by atoms with Crippen LogP contribution >= 0.6 is 0 Å². The highest BCUT2D eigenvalue weighted by molar-refractivity contribution is 4.70. The van der Waals surface area contributed by atoms with Gasteiger partial charge in [-0.3, -0.25) is 0 Å². The summed E-state index contributed by atoms with van der Waals surface area (Å²) in [5.41, 5.74) is -0.315. The van der Waals surface area contributed by atoms with Gasteiger partial charge in [-0.25, -0.2) is 0 Å². The van der Waals surface area contributed by atoms with Crippen LogP contribution in [0.1, 0.15) is 48.0 Å². The first-order valence-corrected chi connectivity index (χ1v) is 6.12. The minimum atomic E-state index is -0.686. The molecule has 0 heterocycles. The molecule has 0 aliphatic carbocycles. The van der Waals surface area contributed by atoms with Crippen molar-refractivity contribution in [3.8, 4) is 0 Å². The maximum absolute atomic E-state index is 9.27. The predicted molar refractivity (Wildman–Crippen MR) is 67.7 cm³/mol. The lowest BCUT2D eigenvalue weighted by Crippen LogP contribution is -2.37. The third kappa shape index (κ3) is 9.53. The second-order valence-electron chi connectivity index (χ2n) is 6.55. The van der Waals surface area contributed by atoms with Gasteiger partial charge in [-0.05, 0) is 32.6 Å². The van der Waals surface area contributed by atoms with Crippen LogP contribution in [0, 0.1) is 5.41 Å². The average Bonchev–Trinajstić information content (AvgIpc) is 2.11. The Balaban J connectivity index is 4.32. The molecule has 0 aliphatic heterocycles. The van der Waals surface area contributed by atoms with E-state index in [1.807, 2.05) is 20.8 Å². The smallest absolute Gasteiger partial charge is 0.181 e. The summed E-state index contributed by atoms with van der Waals surface area (Å²) < 4.78 is 11.1. The Hall–Kier alpha value is -0.160. The van der Waals surface area contributed by atoms with Gasteiger partial charge in [-0.1, -0.05) is 20.8 Å². The number of ether oxygens (including phenoxy) is 2. The molecule has 2 N–H and O–H groups in total. The Morgan fingerprint density at radius 1 is 0.941 bits per heavy atom. The Morgan fingerprint density at radius 2 is 1.47 bits per heavy atom. The van der Waals surface area contributed by atoms with E-state index in [1.165, 1.54) is 0 Å². The summed E-state index contributed by atoms with van der Waals surface area (Å²) in [6, 6.07) is 0. The number of aliphatic hydroxyl groups excluding tert-OH is 2. The van der Waals surface area contributed by atoms with Crippen LogP contribution in [0.15, 0.2) is 0 Å². The van der Waals surface area contributed by atoms with Crippen LogP contribution in [0.25, 0.3) is 0 Å². The summed E-state index contributed by atoms with van der Waals surface area (Å²) in [6.45, 7) is 11.7. The van der Waals surface area contributed by atoms with Gasteiger partial charge in [0.2, 0.25) is 0 Å². The molecule has 0 amide bonds. The van der Waals surface area contributed by atoms with Crippen molar-refractivity contribution >= 4 is 0 Å². The molecule has 4 heteroatoms. The normalized spacial score (nSPS) is 16.9. The van der Waals surface area contributed by atoms with Gasteiger partial charge in [0.1, 0.15) is 0 Å². The molecule has 0 aromatic heterocycles. The molecule has 0 saturated carbocycles. The van der Waals surface area contributed by atoms with Gasteiger partial charge in [0.25, 0.3) is 0 Å². The maximum atomic E-state index is 9.27. The van der Waals surface area contributed by atoms with E-state index in [9.17, 15) is 10.2 Å². The number of aliphatic hydroxyl groups is 2. The zero-order chi connectivity index (χ0) is 13.7. The Kier molecular flexibility index (Phi) is 6.62. The third-order valence-corrected chi connectivity index (χ3v) is 2.02. The molecule has 0 aliphatic rings. The Morgan fingerprint density at radius 3 is 1.76 bits per heavy atom. The van der Waals surface area contributed by atoms with Gasteiger partial charge in [-0.15, -0.1) is 0 Å². The SMILES string of the molecule is CC(C)(C)CC(CO)OC(CO)OC(C)(C)C. The predicted octanol–water partition coefficient (Wildman–Crippen LogP) is 1.93. The van der Waals surface area contributed by atoms with Gasteiger partial charge in [0, 0.05) is 0 Å². The molecule has 0 spiro atoms. The summed E-state index contributed by atoms with van der Waals surface area (Å²) in [5.74, 6) is 0. The molecule has 104 valence electrons. The van der Waals surface area contributed by atoms with Crippen LogP contribution < -0.4 is 0 Å². The second kappa shape index (κ2) is 6.69. The van der Waals surface area contributed by atoms with E-state index in [2.05, 4.69) is 20.8 Å². The van der Waals surface area contributed by atoms with Gasteiger partial charge in [0.05, 0.1) is 24.9 Å². The van der Waals surface area contributed by atoms with Crippen molar-refractivity contribution in [2.45, 2.75) is 66.0 Å². The molecule has 0 radical (unpaired) electrons. The molecule has 0 saturated heterocycles. The highest BCUT2D eigenvalue weighted by atomic mass is 16.7. The van der Waals surface area contributed by atoms with Crippen molar-refractivity contribution in [1.82, 2.24) is 0 Å². The molecule has 0 aromatic rings. The van der Waals surface area contributed by atoms with Crippen LogP contribution in [0.4, 0.5) is 0 Å². The first-order valence-electron chi connectivity index (χ1n) is 6.12. The van der Waals surface area contributed by atoms with E-state index in [-0.39, 0.29) is 30.3 Å². The van der Waals surface area contributed by atoms with Crippen molar-refractivity contribution in [3.05, 3.63) is 0 Å². The second-order valence-corrected chi connectivity index (χ2v) is 6.55. The maximum Gasteiger partial charge on any atom is 0.181 e. The fraction of sp³-hybridized carbons (Fsp3) is 1.00. The molecule has 2 unspecified atom stereocenters. The molecule has 2 atom stereocenters. The minimum Gasteiger partial charge on any atom is -0.394 e. The van der Waals surface area contributed by atoms with E-state index in [0.717, 1.165) is 0 Å². The van der Waals surface area contributed by atoms with Crippen LogP contribution in [0.5, 0.6) is 0 Å². The van der Waals surface area contributed by atoms with Crippen LogP contribution in [-0.4, -0.2) is 41.4 Å². The Labute approximate surface area is 105 Å². The quantitative estimate of drug-likeness (QED) is 0.705. The van der Waals surface area contributed by atoms with E-state index in [0.29, 0.717) is 6.42 Å². The first-order chi connectivity index (χ1) is 7.57. The summed E-state index contributed by atoms with van der Waals surface area (Å²) >= 11 is 0. The van der Waals surface area contributed by atoms with Crippen LogP contribution in [0.3, 0.4) is 0 Å². The van der Waals surface area contributed by atoms with Crippen molar-refractivity contribution in [1.29, 1.82) is 0 Å². The fourth-order valence-corrected chi connectivity index (χ4v) is 1.56. The third-order valence-electron chi connectivity index (χ3n) is 2.02. The van der Waals surface area contributed by atoms with Crippen molar-refractivity contribution in [2.75, 3.05) is 13.2 Å². The Bertz CT molecular complexity index is 180. The van der Waals surface area contributed by atoms with E-state index < -0.39 is 6.29 Å². The summed E-state index contributed by atoms with van der Waals surface area (Å²) in [7, 11) is 0. The van der Waals surface area contributed by atoms with E-state index >= 15 is 0 Å². The van der Waals surface area contributed by atoms with Gasteiger partial charge >= 0.3 is 0 Å². The lowest BCUT2D eigenvalue weighted by atomic mass is 9.89. The summed E-state index contributed by atoms with van der Waals surface area (Å²) in [4.78, 5) is 0. The lowest BCUT2D eigenvalue weighted by Gasteiger charge is -2.31. The molecule has 0 rings (SSSR count). The topological polar surface area (TPSA) is 58.9 Å². The highest BCUT2D eigenvalue weighted by Crippen LogP contribution is 2.23. The first kappa shape index (κ1) is 16.8.